The Balaban J connectivity index is 1.93. The summed E-state index contributed by atoms with van der Waals surface area (Å²) in [6, 6.07) is 6.12. The summed E-state index contributed by atoms with van der Waals surface area (Å²) in [5.74, 6) is 0.0384. The maximum Gasteiger partial charge on any atom is 0.173 e. The Kier molecular flexibility index (Phi) is 4.49. The van der Waals surface area contributed by atoms with Crippen LogP contribution in [0.2, 0.25) is 0 Å². The van der Waals surface area contributed by atoms with Crippen molar-refractivity contribution in [1.82, 2.24) is 4.90 Å². The molecule has 0 saturated carbocycles. The molecule has 1 aromatic carbocycles. The second-order valence-corrected chi connectivity index (χ2v) is 4.96. The van der Waals surface area contributed by atoms with Gasteiger partial charge in [-0.1, -0.05) is 0 Å². The van der Waals surface area contributed by atoms with Gasteiger partial charge in [-0.15, -0.1) is 0 Å². The monoisotopic (exact) mass is 268 g/mol. The molecule has 1 aliphatic rings. The summed E-state index contributed by atoms with van der Waals surface area (Å²) in [6.07, 6.45) is 2.09. The van der Waals surface area contributed by atoms with Gasteiger partial charge in [-0.2, -0.15) is 0 Å². The number of piperidine rings is 1. The van der Waals surface area contributed by atoms with Gasteiger partial charge < -0.3 is 15.3 Å². The fraction of sp³-hybridized carbons (Fsp3) is 0.462. The Hall–Kier alpha value is -1.20. The molecule has 0 aliphatic carbocycles. The van der Waals surface area contributed by atoms with E-state index >= 15 is 0 Å². The van der Waals surface area contributed by atoms with Crippen LogP contribution in [-0.4, -0.2) is 34.8 Å². The van der Waals surface area contributed by atoms with Crippen LogP contribution in [0.3, 0.4) is 0 Å². The average molecular weight is 268 g/mol. The average Bonchev–Trinajstić information content (AvgIpc) is 2.41. The molecule has 3 nitrogen and oxygen atoms in total. The van der Waals surface area contributed by atoms with E-state index in [-0.39, 0.29) is 12.4 Å². The van der Waals surface area contributed by atoms with Crippen molar-refractivity contribution in [2.24, 2.45) is 5.92 Å². The molecular formula is C13H17FN2OS. The number of hydrogen-bond acceptors (Lipinski definition) is 2. The van der Waals surface area contributed by atoms with E-state index < -0.39 is 0 Å². The van der Waals surface area contributed by atoms with Crippen LogP contribution in [0.5, 0.6) is 0 Å². The predicted molar refractivity (Wildman–Crippen MR) is 74.0 cm³/mol. The zero-order chi connectivity index (χ0) is 13.0. The van der Waals surface area contributed by atoms with Crippen molar-refractivity contribution < 1.29 is 9.50 Å². The number of aliphatic hydroxyl groups excluding tert-OH is 1. The highest BCUT2D eigenvalue weighted by Gasteiger charge is 2.20. The van der Waals surface area contributed by atoms with Gasteiger partial charge in [0, 0.05) is 25.4 Å². The molecule has 0 aromatic heterocycles. The molecule has 18 heavy (non-hydrogen) atoms. The van der Waals surface area contributed by atoms with Crippen LogP contribution in [0, 0.1) is 11.7 Å². The molecule has 1 heterocycles. The molecule has 2 rings (SSSR count). The van der Waals surface area contributed by atoms with Crippen LogP contribution in [0.15, 0.2) is 24.3 Å². The number of hydrogen-bond donors (Lipinski definition) is 2. The molecule has 0 bridgehead atoms. The van der Waals surface area contributed by atoms with E-state index in [4.69, 9.17) is 12.2 Å². The number of likely N-dealkylation sites (tertiary alicyclic amines) is 1. The van der Waals surface area contributed by atoms with Crippen molar-refractivity contribution >= 4 is 23.0 Å². The Bertz CT molecular complexity index is 410. The van der Waals surface area contributed by atoms with Gasteiger partial charge in [0.15, 0.2) is 5.11 Å². The first-order chi connectivity index (χ1) is 8.69. The first kappa shape index (κ1) is 13.2. The Morgan fingerprint density at radius 1 is 1.44 bits per heavy atom. The lowest BCUT2D eigenvalue weighted by Gasteiger charge is -2.33. The number of rotatable bonds is 2. The van der Waals surface area contributed by atoms with Crippen molar-refractivity contribution in [2.45, 2.75) is 12.8 Å². The number of thiocarbonyl (C=S) groups is 1. The van der Waals surface area contributed by atoms with Crippen LogP contribution in [0.1, 0.15) is 12.8 Å². The molecule has 1 saturated heterocycles. The van der Waals surface area contributed by atoms with E-state index in [9.17, 15) is 9.50 Å². The van der Waals surface area contributed by atoms with Crippen molar-refractivity contribution in [3.05, 3.63) is 30.1 Å². The molecule has 1 aliphatic heterocycles. The third-order valence-corrected chi connectivity index (χ3v) is 3.52. The third-order valence-electron chi connectivity index (χ3n) is 3.16. The van der Waals surface area contributed by atoms with E-state index in [0.717, 1.165) is 31.6 Å². The summed E-state index contributed by atoms with van der Waals surface area (Å²) in [6.45, 7) is 1.89. The minimum Gasteiger partial charge on any atom is -0.396 e. The second kappa shape index (κ2) is 6.11. The maximum absolute atomic E-state index is 12.8. The molecule has 1 unspecified atom stereocenters. The number of halogens is 1. The fourth-order valence-electron chi connectivity index (χ4n) is 2.13. The second-order valence-electron chi connectivity index (χ2n) is 4.57. The zero-order valence-electron chi connectivity index (χ0n) is 10.1. The smallest absolute Gasteiger partial charge is 0.173 e. The highest BCUT2D eigenvalue weighted by molar-refractivity contribution is 7.80. The van der Waals surface area contributed by atoms with Gasteiger partial charge >= 0.3 is 0 Å². The van der Waals surface area contributed by atoms with Crippen LogP contribution in [-0.2, 0) is 0 Å². The van der Waals surface area contributed by atoms with Gasteiger partial charge in [-0.25, -0.2) is 4.39 Å². The summed E-state index contributed by atoms with van der Waals surface area (Å²) in [7, 11) is 0. The Morgan fingerprint density at radius 2 is 2.17 bits per heavy atom. The lowest BCUT2D eigenvalue weighted by molar-refractivity contribution is 0.162. The van der Waals surface area contributed by atoms with Crippen molar-refractivity contribution in [2.75, 3.05) is 25.0 Å². The topological polar surface area (TPSA) is 35.5 Å². The predicted octanol–water partition coefficient (Wildman–Crippen LogP) is 2.23. The van der Waals surface area contributed by atoms with Gasteiger partial charge in [-0.05, 0) is 55.2 Å². The van der Waals surface area contributed by atoms with Crippen molar-refractivity contribution in [3.8, 4) is 0 Å². The summed E-state index contributed by atoms with van der Waals surface area (Å²) in [4.78, 5) is 2.06. The molecular weight excluding hydrogens is 251 g/mol. The van der Waals surface area contributed by atoms with Gasteiger partial charge in [0.05, 0.1) is 0 Å². The van der Waals surface area contributed by atoms with E-state index in [0.29, 0.717) is 11.0 Å². The van der Waals surface area contributed by atoms with Gasteiger partial charge in [0.1, 0.15) is 5.82 Å². The number of aliphatic hydroxyl groups is 1. The fourth-order valence-corrected chi connectivity index (χ4v) is 2.42. The first-order valence-electron chi connectivity index (χ1n) is 6.11. The van der Waals surface area contributed by atoms with E-state index in [2.05, 4.69) is 10.2 Å². The minimum absolute atomic E-state index is 0.204. The van der Waals surface area contributed by atoms with Crippen molar-refractivity contribution in [1.29, 1.82) is 0 Å². The molecule has 98 valence electrons. The third kappa shape index (κ3) is 3.40. The van der Waals surface area contributed by atoms with Crippen LogP contribution in [0.25, 0.3) is 0 Å². The number of benzene rings is 1. The zero-order valence-corrected chi connectivity index (χ0v) is 10.9. The van der Waals surface area contributed by atoms with Gasteiger partial charge in [0.2, 0.25) is 0 Å². The summed E-state index contributed by atoms with van der Waals surface area (Å²) in [5, 5.41) is 12.9. The van der Waals surface area contributed by atoms with E-state index in [1.807, 2.05) is 0 Å². The van der Waals surface area contributed by atoms with E-state index in [1.54, 1.807) is 12.1 Å². The number of nitrogens with zero attached hydrogens (tertiary/aromatic N) is 1. The first-order valence-corrected chi connectivity index (χ1v) is 6.52. The van der Waals surface area contributed by atoms with Crippen LogP contribution in [0.4, 0.5) is 10.1 Å². The quantitative estimate of drug-likeness (QED) is 0.806. The standard InChI is InChI=1S/C13H17FN2OS/c14-11-3-5-12(6-4-11)15-13(18)16-7-1-2-10(8-16)9-17/h3-6,10,17H,1-2,7-9H2,(H,15,18). The molecule has 1 fully saturated rings. The normalized spacial score (nSPS) is 19.7. The summed E-state index contributed by atoms with van der Waals surface area (Å²) >= 11 is 5.33. The molecule has 5 heteroatoms. The molecule has 2 N–H and O–H groups in total. The lowest BCUT2D eigenvalue weighted by atomic mass is 9.99. The minimum atomic E-state index is -0.259. The highest BCUT2D eigenvalue weighted by atomic mass is 32.1. The summed E-state index contributed by atoms with van der Waals surface area (Å²) < 4.78 is 12.8. The maximum atomic E-state index is 12.8. The van der Waals surface area contributed by atoms with Crippen LogP contribution >= 0.6 is 12.2 Å². The number of nitrogens with one attached hydrogen (secondary N) is 1. The Labute approximate surface area is 112 Å². The van der Waals surface area contributed by atoms with Crippen molar-refractivity contribution in [3.63, 3.8) is 0 Å². The Morgan fingerprint density at radius 3 is 2.83 bits per heavy atom. The molecule has 0 radical (unpaired) electrons. The molecule has 0 spiro atoms. The number of anilines is 1. The van der Waals surface area contributed by atoms with Crippen LogP contribution < -0.4 is 5.32 Å². The van der Waals surface area contributed by atoms with E-state index in [1.165, 1.54) is 12.1 Å². The van der Waals surface area contributed by atoms with Gasteiger partial charge in [0.25, 0.3) is 0 Å². The SMILES string of the molecule is OCC1CCCN(C(=S)Nc2ccc(F)cc2)C1. The van der Waals surface area contributed by atoms with Gasteiger partial charge in [-0.3, -0.25) is 0 Å². The molecule has 1 atom stereocenters. The summed E-state index contributed by atoms with van der Waals surface area (Å²) in [5.41, 5.74) is 0.785. The largest absolute Gasteiger partial charge is 0.396 e. The lowest BCUT2D eigenvalue weighted by Crippen LogP contribution is -2.43. The highest BCUT2D eigenvalue weighted by Crippen LogP contribution is 2.17. The molecule has 1 aromatic rings. The molecule has 0 amide bonds.